The van der Waals surface area contributed by atoms with Gasteiger partial charge in [0.25, 0.3) is 0 Å². The Morgan fingerprint density at radius 3 is 2.47 bits per heavy atom. The summed E-state index contributed by atoms with van der Waals surface area (Å²) >= 11 is 0. The van der Waals surface area contributed by atoms with Crippen molar-refractivity contribution in [2.75, 3.05) is 19.6 Å². The second-order valence-electron chi connectivity index (χ2n) is 5.14. The lowest BCUT2D eigenvalue weighted by Gasteiger charge is -2.38. The Kier molecular flexibility index (Phi) is 4.39. The maximum atomic E-state index is 10.5. The molecule has 1 aromatic rings. The van der Waals surface area contributed by atoms with Gasteiger partial charge in [-0.3, -0.25) is 4.90 Å². The molecule has 3 N–H and O–H groups in total. The zero-order valence-electron chi connectivity index (χ0n) is 10.9. The largest absolute Gasteiger partial charge is 0.465 e. The van der Waals surface area contributed by atoms with Gasteiger partial charge in [0.05, 0.1) is 5.60 Å². The van der Waals surface area contributed by atoms with Crippen LogP contribution in [-0.4, -0.2) is 46.4 Å². The molecule has 2 rings (SSSR count). The van der Waals surface area contributed by atoms with Crippen molar-refractivity contribution in [2.45, 2.75) is 25.0 Å². The van der Waals surface area contributed by atoms with Gasteiger partial charge >= 0.3 is 6.09 Å². The summed E-state index contributed by atoms with van der Waals surface area (Å²) in [6.45, 7) is 2.56. The van der Waals surface area contributed by atoms with E-state index in [1.165, 1.54) is 5.56 Å². The third-order valence-electron chi connectivity index (χ3n) is 3.60. The highest BCUT2D eigenvalue weighted by molar-refractivity contribution is 5.64. The Labute approximate surface area is 112 Å². The van der Waals surface area contributed by atoms with Crippen LogP contribution in [0.25, 0.3) is 0 Å². The third-order valence-corrected chi connectivity index (χ3v) is 3.60. The molecule has 0 bridgehead atoms. The van der Waals surface area contributed by atoms with Crippen LogP contribution in [-0.2, 0) is 6.54 Å². The molecule has 0 spiro atoms. The van der Waals surface area contributed by atoms with Gasteiger partial charge < -0.3 is 15.5 Å². The summed E-state index contributed by atoms with van der Waals surface area (Å²) in [5.74, 6) is 0. The normalized spacial score (nSPS) is 19.0. The lowest BCUT2D eigenvalue weighted by atomic mass is 9.91. The highest BCUT2D eigenvalue weighted by Crippen LogP contribution is 2.22. The standard InChI is InChI=1S/C14H20N2O3/c17-13(18)15-11-14(19)6-8-16(9-7-14)10-12-4-2-1-3-5-12/h1-5,15,19H,6-11H2,(H,17,18). The van der Waals surface area contributed by atoms with E-state index in [-0.39, 0.29) is 6.54 Å². The van der Waals surface area contributed by atoms with E-state index in [9.17, 15) is 9.90 Å². The summed E-state index contributed by atoms with van der Waals surface area (Å²) in [6.07, 6.45) is 0.111. The smallest absolute Gasteiger partial charge is 0.404 e. The maximum Gasteiger partial charge on any atom is 0.404 e. The van der Waals surface area contributed by atoms with Crippen molar-refractivity contribution < 1.29 is 15.0 Å². The monoisotopic (exact) mass is 264 g/mol. The molecule has 0 radical (unpaired) electrons. The molecule has 0 aromatic heterocycles. The molecule has 1 aliphatic heterocycles. The molecular weight excluding hydrogens is 244 g/mol. The van der Waals surface area contributed by atoms with E-state index in [0.717, 1.165) is 19.6 Å². The van der Waals surface area contributed by atoms with Crippen LogP contribution in [0.3, 0.4) is 0 Å². The minimum Gasteiger partial charge on any atom is -0.465 e. The number of hydrogen-bond acceptors (Lipinski definition) is 3. The number of hydrogen-bond donors (Lipinski definition) is 3. The molecule has 19 heavy (non-hydrogen) atoms. The Hall–Kier alpha value is -1.59. The SMILES string of the molecule is O=C(O)NCC1(O)CCN(Cc2ccccc2)CC1. The van der Waals surface area contributed by atoms with E-state index in [1.54, 1.807) is 0 Å². The molecule has 0 atom stereocenters. The van der Waals surface area contributed by atoms with Gasteiger partial charge in [0.15, 0.2) is 0 Å². The van der Waals surface area contributed by atoms with E-state index < -0.39 is 11.7 Å². The number of nitrogens with zero attached hydrogens (tertiary/aromatic N) is 1. The molecule has 1 aliphatic rings. The number of piperidine rings is 1. The molecule has 1 heterocycles. The number of nitrogens with one attached hydrogen (secondary N) is 1. The molecule has 5 heteroatoms. The summed E-state index contributed by atoms with van der Waals surface area (Å²) in [5.41, 5.74) is 0.363. The molecule has 1 amide bonds. The van der Waals surface area contributed by atoms with Crippen LogP contribution >= 0.6 is 0 Å². The number of benzene rings is 1. The Morgan fingerprint density at radius 1 is 1.26 bits per heavy atom. The molecule has 0 unspecified atom stereocenters. The van der Waals surface area contributed by atoms with Crippen LogP contribution in [0, 0.1) is 0 Å². The highest BCUT2D eigenvalue weighted by atomic mass is 16.4. The van der Waals surface area contributed by atoms with Crippen LogP contribution in [0.2, 0.25) is 0 Å². The van der Waals surface area contributed by atoms with Crippen LogP contribution in [0.5, 0.6) is 0 Å². The van der Waals surface area contributed by atoms with Gasteiger partial charge in [-0.15, -0.1) is 0 Å². The summed E-state index contributed by atoms with van der Waals surface area (Å²) in [4.78, 5) is 12.7. The molecule has 104 valence electrons. The lowest BCUT2D eigenvalue weighted by molar-refractivity contribution is -0.0208. The Balaban J connectivity index is 1.80. The molecule has 5 nitrogen and oxygen atoms in total. The second kappa shape index (κ2) is 6.04. The van der Waals surface area contributed by atoms with Gasteiger partial charge in [0, 0.05) is 26.2 Å². The molecule has 0 aliphatic carbocycles. The van der Waals surface area contributed by atoms with E-state index in [0.29, 0.717) is 12.8 Å². The second-order valence-corrected chi connectivity index (χ2v) is 5.14. The molecule has 1 saturated heterocycles. The number of amides is 1. The number of carboxylic acid groups (broad SMARTS) is 1. The minimum absolute atomic E-state index is 0.113. The van der Waals surface area contributed by atoms with E-state index >= 15 is 0 Å². The zero-order valence-corrected chi connectivity index (χ0v) is 10.9. The molecule has 1 fully saturated rings. The zero-order chi connectivity index (χ0) is 13.7. The number of aliphatic hydroxyl groups is 1. The average Bonchev–Trinajstić information content (AvgIpc) is 2.41. The molecule has 0 saturated carbocycles. The molecule has 1 aromatic carbocycles. The van der Waals surface area contributed by atoms with E-state index in [4.69, 9.17) is 5.11 Å². The average molecular weight is 264 g/mol. The topological polar surface area (TPSA) is 72.8 Å². The fourth-order valence-corrected chi connectivity index (χ4v) is 2.39. The Bertz CT molecular complexity index is 414. The van der Waals surface area contributed by atoms with Gasteiger partial charge in [0.2, 0.25) is 0 Å². The number of likely N-dealkylation sites (tertiary alicyclic amines) is 1. The third kappa shape index (κ3) is 4.22. The summed E-state index contributed by atoms with van der Waals surface area (Å²) in [7, 11) is 0. The first-order valence-corrected chi connectivity index (χ1v) is 6.53. The fourth-order valence-electron chi connectivity index (χ4n) is 2.39. The van der Waals surface area contributed by atoms with Crippen molar-refractivity contribution in [1.82, 2.24) is 10.2 Å². The van der Waals surface area contributed by atoms with Gasteiger partial charge in [-0.2, -0.15) is 0 Å². The van der Waals surface area contributed by atoms with Crippen LogP contribution in [0.15, 0.2) is 30.3 Å². The molecular formula is C14H20N2O3. The van der Waals surface area contributed by atoms with Crippen molar-refractivity contribution in [1.29, 1.82) is 0 Å². The van der Waals surface area contributed by atoms with Gasteiger partial charge in [-0.05, 0) is 18.4 Å². The highest BCUT2D eigenvalue weighted by Gasteiger charge is 2.32. The summed E-state index contributed by atoms with van der Waals surface area (Å²) in [6, 6.07) is 10.2. The van der Waals surface area contributed by atoms with Crippen LogP contribution in [0.4, 0.5) is 4.79 Å². The first-order chi connectivity index (χ1) is 9.07. The number of rotatable bonds is 4. The summed E-state index contributed by atoms with van der Waals surface area (Å²) < 4.78 is 0. The minimum atomic E-state index is -1.08. The maximum absolute atomic E-state index is 10.5. The predicted octanol–water partition coefficient (Wildman–Crippen LogP) is 1.28. The van der Waals surface area contributed by atoms with Crippen molar-refractivity contribution >= 4 is 6.09 Å². The van der Waals surface area contributed by atoms with Crippen molar-refractivity contribution in [3.63, 3.8) is 0 Å². The first kappa shape index (κ1) is 13.8. The van der Waals surface area contributed by atoms with E-state index in [2.05, 4.69) is 22.3 Å². The van der Waals surface area contributed by atoms with Gasteiger partial charge in [0.1, 0.15) is 0 Å². The van der Waals surface area contributed by atoms with Gasteiger partial charge in [-0.25, -0.2) is 4.79 Å². The van der Waals surface area contributed by atoms with Crippen LogP contribution in [0.1, 0.15) is 18.4 Å². The predicted molar refractivity (Wildman–Crippen MR) is 71.9 cm³/mol. The number of carbonyl (C=O) groups is 1. The Morgan fingerprint density at radius 2 is 1.89 bits per heavy atom. The van der Waals surface area contributed by atoms with Crippen molar-refractivity contribution in [3.8, 4) is 0 Å². The van der Waals surface area contributed by atoms with E-state index in [1.807, 2.05) is 18.2 Å². The summed E-state index contributed by atoms with van der Waals surface area (Å²) in [5, 5.41) is 21.1. The lowest BCUT2D eigenvalue weighted by Crippen LogP contribution is -2.50. The van der Waals surface area contributed by atoms with Crippen molar-refractivity contribution in [3.05, 3.63) is 35.9 Å². The first-order valence-electron chi connectivity index (χ1n) is 6.53. The van der Waals surface area contributed by atoms with Crippen LogP contribution < -0.4 is 5.32 Å². The van der Waals surface area contributed by atoms with Crippen molar-refractivity contribution in [2.24, 2.45) is 0 Å². The van der Waals surface area contributed by atoms with Gasteiger partial charge in [-0.1, -0.05) is 30.3 Å². The fraction of sp³-hybridized carbons (Fsp3) is 0.500. The quantitative estimate of drug-likeness (QED) is 0.766.